The predicted octanol–water partition coefficient (Wildman–Crippen LogP) is 5.25. The van der Waals surface area contributed by atoms with Gasteiger partial charge in [-0.15, -0.1) is 16.6 Å². The SMILES string of the molecule is C#CCOc1cc(-n2nc3n(c2=O)CCCC3)c(Cl)cc1Cl.COc1cc(OC)n2nc(S(=O)(=O)Nc3c(Cl)ccc(C)c3Cl)nc2n1. The van der Waals surface area contributed by atoms with Crippen LogP contribution in [0, 0.1) is 19.3 Å². The summed E-state index contributed by atoms with van der Waals surface area (Å²) in [4.78, 5) is 20.4. The van der Waals surface area contributed by atoms with E-state index < -0.39 is 15.2 Å². The van der Waals surface area contributed by atoms with Crippen LogP contribution in [0.1, 0.15) is 24.2 Å². The van der Waals surface area contributed by atoms with Gasteiger partial charge in [0.25, 0.3) is 21.0 Å². The maximum absolute atomic E-state index is 12.7. The minimum atomic E-state index is -4.18. The first-order valence-corrected chi connectivity index (χ1v) is 17.0. The van der Waals surface area contributed by atoms with E-state index in [9.17, 15) is 13.2 Å². The summed E-state index contributed by atoms with van der Waals surface area (Å²) < 4.78 is 47.3. The lowest BCUT2D eigenvalue weighted by Crippen LogP contribution is -2.26. The van der Waals surface area contributed by atoms with Gasteiger partial charge in [0, 0.05) is 19.0 Å². The van der Waals surface area contributed by atoms with Crippen molar-refractivity contribution in [3.05, 3.63) is 72.3 Å². The molecule has 0 atom stereocenters. The number of terminal acetylenes is 1. The van der Waals surface area contributed by atoms with Gasteiger partial charge in [0.15, 0.2) is 0 Å². The van der Waals surface area contributed by atoms with Crippen molar-refractivity contribution in [3.8, 4) is 35.5 Å². The molecule has 4 heterocycles. The van der Waals surface area contributed by atoms with Crippen LogP contribution in [0.25, 0.3) is 11.5 Å². The van der Waals surface area contributed by atoms with Gasteiger partial charge in [-0.25, -0.2) is 4.79 Å². The Kier molecular flexibility index (Phi) is 10.6. The van der Waals surface area contributed by atoms with Crippen molar-refractivity contribution in [1.29, 1.82) is 0 Å². The van der Waals surface area contributed by atoms with Gasteiger partial charge in [0.2, 0.25) is 11.8 Å². The van der Waals surface area contributed by atoms with E-state index in [1.54, 1.807) is 23.6 Å². The van der Waals surface area contributed by atoms with Crippen molar-refractivity contribution in [2.24, 2.45) is 0 Å². The first-order valence-electron chi connectivity index (χ1n) is 14.0. The smallest absolute Gasteiger partial charge is 0.350 e. The number of nitrogens with one attached hydrogen (secondary N) is 1. The molecule has 6 rings (SSSR count). The fourth-order valence-corrected chi connectivity index (χ4v) is 6.62. The summed E-state index contributed by atoms with van der Waals surface area (Å²) in [7, 11) is -1.37. The van der Waals surface area contributed by atoms with Gasteiger partial charge in [-0.3, -0.25) is 9.29 Å². The normalized spacial score (nSPS) is 12.5. The second kappa shape index (κ2) is 14.5. The first-order chi connectivity index (χ1) is 22.9. The van der Waals surface area contributed by atoms with Crippen molar-refractivity contribution in [2.45, 2.75) is 37.9 Å². The third kappa shape index (κ3) is 7.13. The maximum atomic E-state index is 12.7. The van der Waals surface area contributed by atoms with Gasteiger partial charge in [0.1, 0.15) is 18.2 Å². The number of halogens is 4. The van der Waals surface area contributed by atoms with Crippen molar-refractivity contribution in [2.75, 3.05) is 25.5 Å². The number of aromatic nitrogens is 7. The number of ether oxygens (including phenoxy) is 3. The summed E-state index contributed by atoms with van der Waals surface area (Å²) in [5, 5.41) is 8.78. The summed E-state index contributed by atoms with van der Waals surface area (Å²) in [6.07, 6.45) is 7.97. The largest absolute Gasteiger partial charge is 0.481 e. The molecule has 0 aliphatic carbocycles. The van der Waals surface area contributed by atoms with Gasteiger partial charge in [-0.2, -0.15) is 27.6 Å². The Morgan fingerprint density at radius 2 is 1.77 bits per heavy atom. The fourth-order valence-electron chi connectivity index (χ4n) is 4.56. The number of hydrogen-bond acceptors (Lipinski definition) is 10. The highest BCUT2D eigenvalue weighted by molar-refractivity contribution is 7.92. The summed E-state index contributed by atoms with van der Waals surface area (Å²) in [6, 6.07) is 7.76. The Labute approximate surface area is 294 Å². The van der Waals surface area contributed by atoms with Crippen LogP contribution in [0.2, 0.25) is 20.1 Å². The first kappa shape index (κ1) is 35.1. The highest BCUT2D eigenvalue weighted by Crippen LogP contribution is 2.35. The minimum Gasteiger partial charge on any atom is -0.481 e. The molecule has 0 unspecified atom stereocenters. The Morgan fingerprint density at radius 3 is 2.46 bits per heavy atom. The van der Waals surface area contributed by atoms with Gasteiger partial charge in [-0.05, 0) is 37.5 Å². The third-order valence-corrected chi connectivity index (χ3v) is 9.45. The van der Waals surface area contributed by atoms with Crippen LogP contribution in [0.3, 0.4) is 0 Å². The van der Waals surface area contributed by atoms with Crippen LogP contribution in [0.5, 0.6) is 17.5 Å². The Hall–Kier alpha value is -4.20. The second-order valence-electron chi connectivity index (χ2n) is 10.1. The van der Waals surface area contributed by atoms with E-state index in [1.807, 2.05) is 0 Å². The molecule has 1 aliphatic rings. The molecule has 5 aromatic rings. The van der Waals surface area contributed by atoms with E-state index in [4.69, 9.17) is 67.0 Å². The number of aryl methyl sites for hydroxylation is 2. The van der Waals surface area contributed by atoms with Crippen LogP contribution >= 0.6 is 46.4 Å². The number of benzene rings is 2. The number of methoxy groups -OCH3 is 2. The van der Waals surface area contributed by atoms with Crippen molar-refractivity contribution in [1.82, 2.24) is 33.9 Å². The lowest BCUT2D eigenvalue weighted by Gasteiger charge is -2.10. The number of hydrogen-bond donors (Lipinski definition) is 1. The van der Waals surface area contributed by atoms with E-state index in [0.29, 0.717) is 33.6 Å². The Bertz CT molecular complexity index is 2230. The summed E-state index contributed by atoms with van der Waals surface area (Å²) >= 11 is 24.5. The van der Waals surface area contributed by atoms with Gasteiger partial charge >= 0.3 is 5.69 Å². The molecule has 252 valence electrons. The molecular formula is C29H26Cl4N8O6S. The Morgan fingerprint density at radius 1 is 1.00 bits per heavy atom. The number of anilines is 1. The van der Waals surface area contributed by atoms with E-state index >= 15 is 0 Å². The highest BCUT2D eigenvalue weighted by atomic mass is 35.5. The molecule has 0 radical (unpaired) electrons. The molecule has 48 heavy (non-hydrogen) atoms. The topological polar surface area (TPSA) is 157 Å². The predicted molar refractivity (Wildman–Crippen MR) is 181 cm³/mol. The molecular weight excluding hydrogens is 730 g/mol. The number of fused-ring (bicyclic) bond motifs is 2. The molecule has 0 bridgehead atoms. The van der Waals surface area contributed by atoms with Crippen LogP contribution in [-0.4, -0.2) is 63.2 Å². The minimum absolute atomic E-state index is 0.0111. The molecule has 0 amide bonds. The van der Waals surface area contributed by atoms with Gasteiger partial charge in [-0.1, -0.05) is 58.4 Å². The molecule has 2 aromatic carbocycles. The number of rotatable bonds is 8. The summed E-state index contributed by atoms with van der Waals surface area (Å²) in [5.41, 5.74) is 0.932. The highest BCUT2D eigenvalue weighted by Gasteiger charge is 2.26. The molecule has 1 aliphatic heterocycles. The molecule has 1 N–H and O–H groups in total. The van der Waals surface area contributed by atoms with Gasteiger partial charge < -0.3 is 14.2 Å². The zero-order valence-corrected chi connectivity index (χ0v) is 29.3. The van der Waals surface area contributed by atoms with Crippen LogP contribution in [0.15, 0.2) is 40.3 Å². The molecule has 0 saturated heterocycles. The molecule has 3 aromatic heterocycles. The average molecular weight is 756 g/mol. The molecule has 19 heteroatoms. The number of nitrogens with zero attached hydrogens (tertiary/aromatic N) is 7. The van der Waals surface area contributed by atoms with Crippen molar-refractivity contribution in [3.63, 3.8) is 0 Å². The average Bonchev–Trinajstić information content (AvgIpc) is 3.66. The van der Waals surface area contributed by atoms with E-state index in [1.165, 1.54) is 37.1 Å². The van der Waals surface area contributed by atoms with E-state index in [2.05, 4.69) is 30.8 Å². The Balaban J connectivity index is 0.000000190. The second-order valence-corrected chi connectivity index (χ2v) is 13.2. The zero-order chi connectivity index (χ0) is 34.7. The molecule has 14 nitrogen and oxygen atoms in total. The zero-order valence-electron chi connectivity index (χ0n) is 25.5. The van der Waals surface area contributed by atoms with Crippen LogP contribution < -0.4 is 24.6 Å². The monoisotopic (exact) mass is 754 g/mol. The van der Waals surface area contributed by atoms with Crippen molar-refractivity contribution < 1.29 is 22.6 Å². The molecule has 0 saturated carbocycles. The van der Waals surface area contributed by atoms with Crippen LogP contribution in [-0.2, 0) is 23.0 Å². The quantitative estimate of drug-likeness (QED) is 0.208. The lowest BCUT2D eigenvalue weighted by atomic mass is 10.2. The van der Waals surface area contributed by atoms with E-state index in [0.717, 1.165) is 29.6 Å². The fraction of sp³-hybridized carbons (Fsp3) is 0.276. The standard InChI is InChI=1S/C15H13Cl2N3O2.C14H13Cl2N5O4S/c1-2-7-22-13-9-12(10(16)8-11(13)17)20-15(21)19-6-4-3-5-14(19)18-20;1-7-4-5-8(15)12(11(7)16)20-26(22,23)14-18-13-17-9(24-2)6-10(25-3)21(13)19-14/h1,8-9H,3-7H2;4-6,20H,1-3H3. The summed E-state index contributed by atoms with van der Waals surface area (Å²) in [5.74, 6) is 3.90. The van der Waals surface area contributed by atoms with Crippen molar-refractivity contribution >= 4 is 67.9 Å². The summed E-state index contributed by atoms with van der Waals surface area (Å²) in [6.45, 7) is 2.48. The third-order valence-electron chi connectivity index (χ3n) is 6.93. The number of sulfonamides is 1. The molecule has 0 spiro atoms. The van der Waals surface area contributed by atoms with Gasteiger partial charge in [0.05, 0.1) is 51.8 Å². The lowest BCUT2D eigenvalue weighted by molar-refractivity contribution is 0.364. The maximum Gasteiger partial charge on any atom is 0.350 e. The van der Waals surface area contributed by atoms with E-state index in [-0.39, 0.29) is 45.6 Å². The van der Waals surface area contributed by atoms with Crippen LogP contribution in [0.4, 0.5) is 5.69 Å². The molecule has 0 fully saturated rings.